The number of hydrogen-bond acceptors (Lipinski definition) is 1. The highest BCUT2D eigenvalue weighted by Gasteiger charge is 2.16. The number of nitrogens with two attached hydrogens (primary N) is 1. The summed E-state index contributed by atoms with van der Waals surface area (Å²) in [6.07, 6.45) is 0. The minimum atomic E-state index is -0.888. The first-order valence-corrected chi connectivity index (χ1v) is 4.15. The maximum absolute atomic E-state index is 12.7. The molecule has 0 aliphatic rings. The summed E-state index contributed by atoms with van der Waals surface area (Å²) in [5.41, 5.74) is 6.19. The van der Waals surface area contributed by atoms with E-state index in [0.717, 1.165) is 0 Å². The van der Waals surface area contributed by atoms with Gasteiger partial charge in [0.15, 0.2) is 0 Å². The first-order chi connectivity index (χ1) is 6.02. The molecule has 0 bridgehead atoms. The second kappa shape index (κ2) is 3.75. The lowest BCUT2D eigenvalue weighted by molar-refractivity contribution is -0.117. The van der Waals surface area contributed by atoms with E-state index >= 15 is 0 Å². The maximum Gasteiger partial charge on any atom is 0.240 e. The first kappa shape index (κ1) is 9.99. The standard InChI is InChI=1S/C9H9ClFNO/c1-5-4-6(11)2-3-7(5)8(10)9(12)13/h2-4,8H,1H3,(H2,12,13). The fourth-order valence-corrected chi connectivity index (χ4v) is 1.32. The van der Waals surface area contributed by atoms with Crippen molar-refractivity contribution in [2.75, 3.05) is 0 Å². The Hall–Kier alpha value is -1.09. The molecule has 0 spiro atoms. The Labute approximate surface area is 80.5 Å². The Kier molecular flexibility index (Phi) is 2.88. The van der Waals surface area contributed by atoms with Crippen molar-refractivity contribution in [1.82, 2.24) is 0 Å². The van der Waals surface area contributed by atoms with Crippen LogP contribution in [0.15, 0.2) is 18.2 Å². The highest BCUT2D eigenvalue weighted by atomic mass is 35.5. The van der Waals surface area contributed by atoms with Crippen molar-refractivity contribution in [1.29, 1.82) is 0 Å². The zero-order chi connectivity index (χ0) is 10.0. The van der Waals surface area contributed by atoms with E-state index in [0.29, 0.717) is 11.1 Å². The molecule has 1 amide bonds. The molecular formula is C9H9ClFNO. The van der Waals surface area contributed by atoms with Gasteiger partial charge in [0.25, 0.3) is 0 Å². The van der Waals surface area contributed by atoms with E-state index in [1.54, 1.807) is 6.92 Å². The molecule has 0 fully saturated rings. The molecule has 0 radical (unpaired) electrons. The van der Waals surface area contributed by atoms with Gasteiger partial charge >= 0.3 is 0 Å². The van der Waals surface area contributed by atoms with E-state index in [2.05, 4.69) is 0 Å². The molecule has 0 aromatic heterocycles. The highest BCUT2D eigenvalue weighted by Crippen LogP contribution is 2.23. The van der Waals surface area contributed by atoms with E-state index < -0.39 is 11.3 Å². The number of carbonyl (C=O) groups is 1. The summed E-state index contributed by atoms with van der Waals surface area (Å²) in [6, 6.07) is 4.03. The average Bonchev–Trinajstić information content (AvgIpc) is 2.03. The lowest BCUT2D eigenvalue weighted by atomic mass is 10.1. The van der Waals surface area contributed by atoms with E-state index in [1.807, 2.05) is 0 Å². The second-order valence-electron chi connectivity index (χ2n) is 2.77. The van der Waals surface area contributed by atoms with Crippen molar-refractivity contribution in [2.45, 2.75) is 12.3 Å². The SMILES string of the molecule is Cc1cc(F)ccc1C(Cl)C(N)=O. The average molecular weight is 202 g/mol. The molecule has 0 saturated carbocycles. The minimum Gasteiger partial charge on any atom is -0.368 e. The molecule has 0 saturated heterocycles. The zero-order valence-corrected chi connectivity index (χ0v) is 7.81. The van der Waals surface area contributed by atoms with Crippen LogP contribution in [0.5, 0.6) is 0 Å². The Morgan fingerprint density at radius 2 is 2.23 bits per heavy atom. The van der Waals surface area contributed by atoms with Gasteiger partial charge in [-0.15, -0.1) is 11.6 Å². The van der Waals surface area contributed by atoms with Crippen molar-refractivity contribution in [2.24, 2.45) is 5.73 Å². The summed E-state index contributed by atoms with van der Waals surface area (Å²) in [7, 11) is 0. The van der Waals surface area contributed by atoms with Gasteiger partial charge in [0.1, 0.15) is 11.2 Å². The first-order valence-electron chi connectivity index (χ1n) is 3.72. The largest absolute Gasteiger partial charge is 0.368 e. The molecule has 0 aliphatic carbocycles. The van der Waals surface area contributed by atoms with E-state index in [4.69, 9.17) is 17.3 Å². The van der Waals surface area contributed by atoms with Crippen LogP contribution < -0.4 is 5.73 Å². The van der Waals surface area contributed by atoms with E-state index in [9.17, 15) is 9.18 Å². The van der Waals surface area contributed by atoms with Gasteiger partial charge in [-0.05, 0) is 30.2 Å². The number of amides is 1. The number of alkyl halides is 1. The van der Waals surface area contributed by atoms with Crippen LogP contribution in [0.1, 0.15) is 16.5 Å². The fourth-order valence-electron chi connectivity index (χ4n) is 1.08. The van der Waals surface area contributed by atoms with Crippen LogP contribution in [0.4, 0.5) is 4.39 Å². The molecular weight excluding hydrogens is 193 g/mol. The number of rotatable bonds is 2. The smallest absolute Gasteiger partial charge is 0.240 e. The third-order valence-corrected chi connectivity index (χ3v) is 2.20. The lowest BCUT2D eigenvalue weighted by Gasteiger charge is -2.08. The minimum absolute atomic E-state index is 0.352. The number of hydrogen-bond donors (Lipinski definition) is 1. The van der Waals surface area contributed by atoms with Crippen LogP contribution in [-0.4, -0.2) is 5.91 Å². The molecule has 1 aromatic rings. The predicted octanol–water partition coefficient (Wildman–Crippen LogP) is 1.90. The van der Waals surface area contributed by atoms with Crippen molar-refractivity contribution >= 4 is 17.5 Å². The third kappa shape index (κ3) is 2.18. The summed E-state index contributed by atoms with van der Waals surface area (Å²) in [5, 5.41) is -0.888. The van der Waals surface area contributed by atoms with Gasteiger partial charge in [0.2, 0.25) is 5.91 Å². The normalized spacial score (nSPS) is 12.5. The van der Waals surface area contributed by atoms with Gasteiger partial charge in [-0.2, -0.15) is 0 Å². The van der Waals surface area contributed by atoms with Gasteiger partial charge in [-0.25, -0.2) is 4.39 Å². The summed E-state index contributed by atoms with van der Waals surface area (Å²) in [4.78, 5) is 10.7. The fraction of sp³-hybridized carbons (Fsp3) is 0.222. The van der Waals surface area contributed by atoms with Gasteiger partial charge < -0.3 is 5.73 Å². The predicted molar refractivity (Wildman–Crippen MR) is 48.9 cm³/mol. The van der Waals surface area contributed by atoms with Crippen molar-refractivity contribution < 1.29 is 9.18 Å². The molecule has 1 atom stereocenters. The molecule has 0 aliphatic heterocycles. The molecule has 13 heavy (non-hydrogen) atoms. The van der Waals surface area contributed by atoms with Gasteiger partial charge in [0.05, 0.1) is 0 Å². The summed E-state index contributed by atoms with van der Waals surface area (Å²) < 4.78 is 12.7. The van der Waals surface area contributed by atoms with Crippen LogP contribution in [-0.2, 0) is 4.79 Å². The van der Waals surface area contributed by atoms with Crippen molar-refractivity contribution in [3.05, 3.63) is 35.1 Å². The quantitative estimate of drug-likeness (QED) is 0.730. The molecule has 1 aromatic carbocycles. The zero-order valence-electron chi connectivity index (χ0n) is 7.05. The van der Waals surface area contributed by atoms with E-state index in [1.165, 1.54) is 18.2 Å². The monoisotopic (exact) mass is 201 g/mol. The Bertz CT molecular complexity index is 340. The second-order valence-corrected chi connectivity index (χ2v) is 3.20. The summed E-state index contributed by atoms with van der Waals surface area (Å²) in [6.45, 7) is 1.68. The van der Waals surface area contributed by atoms with Crippen molar-refractivity contribution in [3.8, 4) is 0 Å². The molecule has 1 unspecified atom stereocenters. The van der Waals surface area contributed by atoms with Crippen LogP contribution in [0.25, 0.3) is 0 Å². The number of benzene rings is 1. The Balaban J connectivity index is 3.08. The van der Waals surface area contributed by atoms with Gasteiger partial charge in [0, 0.05) is 0 Å². The number of halogens is 2. The Morgan fingerprint density at radius 3 is 2.69 bits per heavy atom. The molecule has 4 heteroatoms. The maximum atomic E-state index is 12.7. The van der Waals surface area contributed by atoms with Crippen LogP contribution in [0.3, 0.4) is 0 Å². The van der Waals surface area contributed by atoms with E-state index in [-0.39, 0.29) is 5.82 Å². The number of aryl methyl sites for hydroxylation is 1. The summed E-state index contributed by atoms with van der Waals surface area (Å²) in [5.74, 6) is -0.981. The van der Waals surface area contributed by atoms with Gasteiger partial charge in [-0.1, -0.05) is 6.07 Å². The Morgan fingerprint density at radius 1 is 1.62 bits per heavy atom. The molecule has 0 heterocycles. The molecule has 2 nitrogen and oxygen atoms in total. The number of primary amides is 1. The molecule has 1 rings (SSSR count). The van der Waals surface area contributed by atoms with Crippen LogP contribution in [0, 0.1) is 12.7 Å². The molecule has 70 valence electrons. The topological polar surface area (TPSA) is 43.1 Å². The van der Waals surface area contributed by atoms with Crippen LogP contribution in [0.2, 0.25) is 0 Å². The third-order valence-electron chi connectivity index (χ3n) is 1.75. The number of carbonyl (C=O) groups excluding carboxylic acids is 1. The lowest BCUT2D eigenvalue weighted by Crippen LogP contribution is -2.17. The van der Waals surface area contributed by atoms with Crippen LogP contribution >= 0.6 is 11.6 Å². The molecule has 2 N–H and O–H groups in total. The summed E-state index contributed by atoms with van der Waals surface area (Å²) >= 11 is 5.70. The highest BCUT2D eigenvalue weighted by molar-refractivity contribution is 6.30. The van der Waals surface area contributed by atoms with Gasteiger partial charge in [-0.3, -0.25) is 4.79 Å². The van der Waals surface area contributed by atoms with Crippen molar-refractivity contribution in [3.63, 3.8) is 0 Å².